The van der Waals surface area contributed by atoms with E-state index in [1.165, 1.54) is 11.1 Å². The van der Waals surface area contributed by atoms with Crippen molar-refractivity contribution in [2.75, 3.05) is 26.3 Å². The van der Waals surface area contributed by atoms with Crippen molar-refractivity contribution >= 4 is 42.3 Å². The first-order valence-corrected chi connectivity index (χ1v) is 16.4. The highest BCUT2D eigenvalue weighted by Gasteiger charge is 2.37. The van der Waals surface area contributed by atoms with Crippen LogP contribution in [-0.2, 0) is 20.0 Å². The summed E-state index contributed by atoms with van der Waals surface area (Å²) >= 11 is 0. The van der Waals surface area contributed by atoms with E-state index in [9.17, 15) is 8.42 Å². The quantitative estimate of drug-likeness (QED) is 0.162. The average molecular weight is 577 g/mol. The Morgan fingerprint density at radius 2 is 1.64 bits per heavy atom. The molecule has 0 N–H and O–H groups in total. The van der Waals surface area contributed by atoms with E-state index in [2.05, 4.69) is 62.9 Å². The Bertz CT molecular complexity index is 1960. The third-order valence-electron chi connectivity index (χ3n) is 9.39. The smallest absolute Gasteiger partial charge is 0.198 e. The molecule has 6 heteroatoms. The zero-order chi connectivity index (χ0) is 29.1. The molecule has 7 rings (SSSR count). The van der Waals surface area contributed by atoms with Crippen LogP contribution in [0.2, 0.25) is 0 Å². The molecule has 4 aromatic carbocycles. The van der Waals surface area contributed by atoms with Crippen molar-refractivity contribution in [2.45, 2.75) is 48.3 Å². The van der Waals surface area contributed by atoms with Gasteiger partial charge < -0.3 is 4.74 Å². The van der Waals surface area contributed by atoms with Crippen LogP contribution in [0.4, 0.5) is 0 Å². The van der Waals surface area contributed by atoms with Crippen LogP contribution in [0.25, 0.3) is 32.4 Å². The summed E-state index contributed by atoms with van der Waals surface area (Å²) in [7, 11) is -3.80. The number of hydrogen-bond acceptors (Lipinski definition) is 5. The molecule has 1 aliphatic heterocycles. The molecule has 1 saturated heterocycles. The molecule has 0 bridgehead atoms. The highest BCUT2D eigenvalue weighted by molar-refractivity contribution is 7.92. The number of pyridine rings is 1. The van der Waals surface area contributed by atoms with Gasteiger partial charge in [0.1, 0.15) is 5.37 Å². The van der Waals surface area contributed by atoms with Crippen LogP contribution in [-0.4, -0.2) is 50.0 Å². The summed E-state index contributed by atoms with van der Waals surface area (Å²) in [6, 6.07) is 26.9. The maximum absolute atomic E-state index is 14.5. The number of fused-ring (bicyclic) bond motifs is 6. The van der Waals surface area contributed by atoms with Crippen molar-refractivity contribution in [2.24, 2.45) is 0 Å². The van der Waals surface area contributed by atoms with Crippen LogP contribution < -0.4 is 0 Å². The van der Waals surface area contributed by atoms with Gasteiger partial charge in [-0.1, -0.05) is 80.6 Å². The Hall–Kier alpha value is -3.58. The summed E-state index contributed by atoms with van der Waals surface area (Å²) in [5.41, 5.74) is 4.45. The molecule has 2 unspecified atom stereocenters. The Balaban J connectivity index is 1.51. The van der Waals surface area contributed by atoms with Crippen molar-refractivity contribution in [3.05, 3.63) is 108 Å². The van der Waals surface area contributed by atoms with Gasteiger partial charge in [0.2, 0.25) is 0 Å². The van der Waals surface area contributed by atoms with E-state index in [0.29, 0.717) is 31.2 Å². The largest absolute Gasteiger partial charge is 0.379 e. The van der Waals surface area contributed by atoms with Gasteiger partial charge in [-0.3, -0.25) is 9.88 Å². The van der Waals surface area contributed by atoms with Crippen LogP contribution in [0.1, 0.15) is 49.4 Å². The van der Waals surface area contributed by atoms with E-state index in [4.69, 9.17) is 9.72 Å². The molecule has 0 spiro atoms. The van der Waals surface area contributed by atoms with E-state index in [0.717, 1.165) is 51.0 Å². The van der Waals surface area contributed by atoms with Crippen LogP contribution in [0.3, 0.4) is 0 Å². The second-order valence-electron chi connectivity index (χ2n) is 12.3. The predicted octanol–water partition coefficient (Wildman–Crippen LogP) is 7.36. The standard InChI is InChI=1S/C36H36N2O3S/c1-4-34(38-19-21-41-22-20-38)42(39,40)33-23-29-26(25-10-6-7-11-27(25)33)14-15-30-35(29)28(17-18-36(30,2)3)32-16-13-24-9-5-8-12-31(24)37-32/h4-16,23,28,34H,1,17-22H2,2-3H3. The highest BCUT2D eigenvalue weighted by Crippen LogP contribution is 2.49. The summed E-state index contributed by atoms with van der Waals surface area (Å²) in [5.74, 6) is 0.0625. The minimum Gasteiger partial charge on any atom is -0.379 e. The number of nitrogens with zero attached hydrogens (tertiary/aromatic N) is 2. The average Bonchev–Trinajstić information content (AvgIpc) is 3.01. The van der Waals surface area contributed by atoms with Gasteiger partial charge in [0, 0.05) is 35.5 Å². The minimum absolute atomic E-state index is 0.0427. The number of para-hydroxylation sites is 1. The number of benzene rings is 4. The molecule has 214 valence electrons. The summed E-state index contributed by atoms with van der Waals surface area (Å²) in [6.07, 6.45) is 3.55. The fraction of sp³-hybridized carbons (Fsp3) is 0.306. The summed E-state index contributed by atoms with van der Waals surface area (Å²) < 4.78 is 34.6. The van der Waals surface area contributed by atoms with Crippen LogP contribution in [0.5, 0.6) is 0 Å². The molecule has 42 heavy (non-hydrogen) atoms. The zero-order valence-electron chi connectivity index (χ0n) is 24.2. The maximum atomic E-state index is 14.5. The first kappa shape index (κ1) is 27.3. The van der Waals surface area contributed by atoms with Gasteiger partial charge in [-0.2, -0.15) is 0 Å². The molecular formula is C36H36N2O3S. The number of hydrogen-bond donors (Lipinski definition) is 0. The van der Waals surface area contributed by atoms with E-state index in [1.54, 1.807) is 6.08 Å². The van der Waals surface area contributed by atoms with Crippen molar-refractivity contribution in [3.8, 4) is 0 Å². The molecule has 0 radical (unpaired) electrons. The van der Waals surface area contributed by atoms with Gasteiger partial charge >= 0.3 is 0 Å². The minimum atomic E-state index is -3.80. The van der Waals surface area contributed by atoms with Crippen molar-refractivity contribution in [3.63, 3.8) is 0 Å². The molecule has 0 saturated carbocycles. The third-order valence-corrected chi connectivity index (χ3v) is 11.5. The number of morpholine rings is 1. The molecule has 1 fully saturated rings. The fourth-order valence-corrected chi connectivity index (χ4v) is 9.04. The van der Waals surface area contributed by atoms with E-state index in [1.807, 2.05) is 41.3 Å². The number of rotatable bonds is 5. The first-order chi connectivity index (χ1) is 20.3. The fourth-order valence-electron chi connectivity index (χ4n) is 7.16. The zero-order valence-corrected chi connectivity index (χ0v) is 25.0. The Kier molecular flexibility index (Phi) is 6.69. The van der Waals surface area contributed by atoms with Gasteiger partial charge in [0.15, 0.2) is 9.84 Å². The third kappa shape index (κ3) is 4.36. The van der Waals surface area contributed by atoms with Gasteiger partial charge in [-0.05, 0) is 63.7 Å². The molecule has 0 amide bonds. The van der Waals surface area contributed by atoms with Crippen LogP contribution in [0.15, 0.2) is 96.4 Å². The van der Waals surface area contributed by atoms with Crippen molar-refractivity contribution < 1.29 is 13.2 Å². The second kappa shape index (κ2) is 10.3. The second-order valence-corrected chi connectivity index (χ2v) is 14.3. The van der Waals surface area contributed by atoms with E-state index in [-0.39, 0.29) is 11.3 Å². The maximum Gasteiger partial charge on any atom is 0.198 e. The molecule has 5 aromatic rings. The first-order valence-electron chi connectivity index (χ1n) is 14.8. The molecule has 1 aromatic heterocycles. The van der Waals surface area contributed by atoms with Gasteiger partial charge in [-0.25, -0.2) is 8.42 Å². The molecule has 2 heterocycles. The van der Waals surface area contributed by atoms with Gasteiger partial charge in [0.25, 0.3) is 0 Å². The summed E-state index contributed by atoms with van der Waals surface area (Å²) in [5, 5.41) is 4.08. The van der Waals surface area contributed by atoms with Crippen LogP contribution in [0, 0.1) is 0 Å². The van der Waals surface area contributed by atoms with Crippen LogP contribution >= 0.6 is 0 Å². The van der Waals surface area contributed by atoms with Gasteiger partial charge in [0.05, 0.1) is 23.6 Å². The Morgan fingerprint density at radius 1 is 0.929 bits per heavy atom. The van der Waals surface area contributed by atoms with Crippen molar-refractivity contribution in [1.29, 1.82) is 0 Å². The number of aromatic nitrogens is 1. The lowest BCUT2D eigenvalue weighted by Crippen LogP contribution is -2.46. The molecule has 1 aliphatic carbocycles. The monoisotopic (exact) mass is 576 g/mol. The van der Waals surface area contributed by atoms with E-state index >= 15 is 0 Å². The lowest BCUT2D eigenvalue weighted by Gasteiger charge is -2.38. The number of ether oxygens (including phenoxy) is 1. The molecule has 2 atom stereocenters. The summed E-state index contributed by atoms with van der Waals surface area (Å²) in [4.78, 5) is 7.47. The lowest BCUT2D eigenvalue weighted by atomic mass is 9.66. The predicted molar refractivity (Wildman–Crippen MR) is 171 cm³/mol. The topological polar surface area (TPSA) is 59.5 Å². The number of sulfone groups is 1. The Labute approximate surface area is 247 Å². The van der Waals surface area contributed by atoms with Crippen molar-refractivity contribution in [1.82, 2.24) is 9.88 Å². The van der Waals surface area contributed by atoms with E-state index < -0.39 is 15.2 Å². The summed E-state index contributed by atoms with van der Waals surface area (Å²) in [6.45, 7) is 10.7. The molecule has 2 aliphatic rings. The molecule has 5 nitrogen and oxygen atoms in total. The molecular weight excluding hydrogens is 540 g/mol. The highest BCUT2D eigenvalue weighted by atomic mass is 32.2. The Morgan fingerprint density at radius 3 is 2.43 bits per heavy atom. The normalized spacial score (nSPS) is 20.0. The van der Waals surface area contributed by atoms with Gasteiger partial charge in [-0.15, -0.1) is 6.58 Å². The SMILES string of the molecule is C=CC(N1CCOCC1)S(=O)(=O)c1cc2c3c(ccc2c2ccccc12)C(C)(C)CCC3c1ccc2ccccc2n1. The lowest BCUT2D eigenvalue weighted by molar-refractivity contribution is 0.0374.